The highest BCUT2D eigenvalue weighted by atomic mass is 16.5. The van der Waals surface area contributed by atoms with Gasteiger partial charge in [-0.15, -0.1) is 0 Å². The smallest absolute Gasteiger partial charge is 0.224 e. The second-order valence-electron chi connectivity index (χ2n) is 5.87. The van der Waals surface area contributed by atoms with Gasteiger partial charge >= 0.3 is 0 Å². The monoisotopic (exact) mass is 292 g/mol. The summed E-state index contributed by atoms with van der Waals surface area (Å²) in [5, 5.41) is 5.38. The molecule has 0 spiro atoms. The lowest BCUT2D eigenvalue weighted by molar-refractivity contribution is -0.121. The van der Waals surface area contributed by atoms with Crippen LogP contribution in [0.1, 0.15) is 33.3 Å². The minimum Gasteiger partial charge on any atom is -0.488 e. The van der Waals surface area contributed by atoms with Crippen molar-refractivity contribution in [1.29, 1.82) is 0 Å². The van der Waals surface area contributed by atoms with Gasteiger partial charge in [0.2, 0.25) is 11.8 Å². The number of carbonyl (C=O) groups excluding carboxylic acids is 2. The van der Waals surface area contributed by atoms with Crippen LogP contribution in [0, 0.1) is 0 Å². The molecule has 5 heteroatoms. The SMILES string of the molecule is CC(=O)NCCNC(=O)Cc1ccc(OC(C)(C)C)cc1. The number of carbonyl (C=O) groups is 2. The van der Waals surface area contributed by atoms with E-state index in [1.165, 1.54) is 6.92 Å². The molecular formula is C16H24N2O3. The van der Waals surface area contributed by atoms with Gasteiger partial charge in [0.15, 0.2) is 0 Å². The number of nitrogens with one attached hydrogen (secondary N) is 2. The number of ether oxygens (including phenoxy) is 1. The zero-order valence-corrected chi connectivity index (χ0v) is 13.2. The van der Waals surface area contributed by atoms with Gasteiger partial charge < -0.3 is 15.4 Å². The lowest BCUT2D eigenvalue weighted by Gasteiger charge is -2.21. The highest BCUT2D eigenvalue weighted by Crippen LogP contribution is 2.18. The third-order valence-electron chi connectivity index (χ3n) is 2.53. The molecule has 0 aromatic heterocycles. The summed E-state index contributed by atoms with van der Waals surface area (Å²) in [6.45, 7) is 8.29. The first-order chi connectivity index (χ1) is 9.76. The van der Waals surface area contributed by atoms with Crippen molar-refractivity contribution in [2.75, 3.05) is 13.1 Å². The molecule has 0 saturated heterocycles. The molecule has 2 N–H and O–H groups in total. The van der Waals surface area contributed by atoms with Gasteiger partial charge in [-0.25, -0.2) is 0 Å². The zero-order chi connectivity index (χ0) is 15.9. The van der Waals surface area contributed by atoms with E-state index in [4.69, 9.17) is 4.74 Å². The first kappa shape index (κ1) is 17.0. The van der Waals surface area contributed by atoms with Gasteiger partial charge in [-0.1, -0.05) is 12.1 Å². The lowest BCUT2D eigenvalue weighted by Crippen LogP contribution is -2.34. The number of hydrogen-bond acceptors (Lipinski definition) is 3. The molecule has 1 aromatic rings. The summed E-state index contributed by atoms with van der Waals surface area (Å²) in [6.07, 6.45) is 0.315. The fourth-order valence-electron chi connectivity index (χ4n) is 1.72. The minimum absolute atomic E-state index is 0.0650. The zero-order valence-electron chi connectivity index (χ0n) is 13.2. The third-order valence-corrected chi connectivity index (χ3v) is 2.53. The predicted octanol–water partition coefficient (Wildman–Crippen LogP) is 1.66. The maximum atomic E-state index is 11.7. The maximum absolute atomic E-state index is 11.7. The summed E-state index contributed by atoms with van der Waals surface area (Å²) >= 11 is 0. The third kappa shape index (κ3) is 7.97. The summed E-state index contributed by atoms with van der Waals surface area (Å²) < 4.78 is 5.72. The fraction of sp³-hybridized carbons (Fsp3) is 0.500. The normalized spacial score (nSPS) is 10.9. The van der Waals surface area contributed by atoms with E-state index in [0.717, 1.165) is 11.3 Å². The van der Waals surface area contributed by atoms with Crippen LogP contribution in [0.2, 0.25) is 0 Å². The van der Waals surface area contributed by atoms with Crippen molar-refractivity contribution in [1.82, 2.24) is 10.6 Å². The molecule has 0 aliphatic carbocycles. The number of benzene rings is 1. The Morgan fingerprint density at radius 1 is 1.05 bits per heavy atom. The maximum Gasteiger partial charge on any atom is 0.224 e. The van der Waals surface area contributed by atoms with E-state index in [2.05, 4.69) is 10.6 Å². The van der Waals surface area contributed by atoms with E-state index in [0.29, 0.717) is 19.5 Å². The quantitative estimate of drug-likeness (QED) is 0.784. The molecule has 0 bridgehead atoms. The Morgan fingerprint density at radius 2 is 1.62 bits per heavy atom. The van der Waals surface area contributed by atoms with E-state index in [1.807, 2.05) is 45.0 Å². The first-order valence-electron chi connectivity index (χ1n) is 7.05. The minimum atomic E-state index is -0.234. The van der Waals surface area contributed by atoms with E-state index in [1.54, 1.807) is 0 Å². The van der Waals surface area contributed by atoms with Gasteiger partial charge in [-0.05, 0) is 38.5 Å². The molecule has 1 rings (SSSR count). The van der Waals surface area contributed by atoms with Gasteiger partial charge in [-0.3, -0.25) is 9.59 Å². The van der Waals surface area contributed by atoms with Gasteiger partial charge in [0.25, 0.3) is 0 Å². The van der Waals surface area contributed by atoms with E-state index in [9.17, 15) is 9.59 Å². The summed E-state index contributed by atoms with van der Waals surface area (Å²) in [7, 11) is 0. The van der Waals surface area contributed by atoms with Gasteiger partial charge in [0.05, 0.1) is 6.42 Å². The molecule has 1 aromatic carbocycles. The largest absolute Gasteiger partial charge is 0.488 e. The Balaban J connectivity index is 2.37. The summed E-state index contributed by atoms with van der Waals surface area (Å²) in [4.78, 5) is 22.4. The van der Waals surface area contributed by atoms with Gasteiger partial charge in [0.1, 0.15) is 11.4 Å². The van der Waals surface area contributed by atoms with Gasteiger partial charge in [0, 0.05) is 20.0 Å². The van der Waals surface area contributed by atoms with E-state index >= 15 is 0 Å². The lowest BCUT2D eigenvalue weighted by atomic mass is 10.1. The van der Waals surface area contributed by atoms with E-state index in [-0.39, 0.29) is 17.4 Å². The number of hydrogen-bond donors (Lipinski definition) is 2. The van der Waals surface area contributed by atoms with Crippen molar-refractivity contribution >= 4 is 11.8 Å². The van der Waals surface area contributed by atoms with Crippen LogP contribution in [0.4, 0.5) is 0 Å². The molecule has 0 heterocycles. The summed E-state index contributed by atoms with van der Waals surface area (Å²) in [5.74, 6) is 0.626. The van der Waals surface area contributed by atoms with Crippen LogP contribution in [-0.2, 0) is 16.0 Å². The molecule has 21 heavy (non-hydrogen) atoms. The van der Waals surface area contributed by atoms with Crippen molar-refractivity contribution in [3.63, 3.8) is 0 Å². The molecule has 0 radical (unpaired) electrons. The van der Waals surface area contributed by atoms with Crippen molar-refractivity contribution in [3.8, 4) is 5.75 Å². The summed E-state index contributed by atoms with van der Waals surface area (Å²) in [5.41, 5.74) is 0.691. The molecule has 0 atom stereocenters. The molecule has 5 nitrogen and oxygen atoms in total. The molecule has 0 saturated carbocycles. The van der Waals surface area contributed by atoms with E-state index < -0.39 is 0 Å². The second kappa shape index (κ2) is 7.67. The molecule has 2 amide bonds. The Morgan fingerprint density at radius 3 is 2.14 bits per heavy atom. The number of amides is 2. The highest BCUT2D eigenvalue weighted by Gasteiger charge is 2.11. The molecule has 0 aliphatic rings. The van der Waals surface area contributed by atoms with Crippen molar-refractivity contribution in [2.24, 2.45) is 0 Å². The van der Waals surface area contributed by atoms with Crippen molar-refractivity contribution in [3.05, 3.63) is 29.8 Å². The topological polar surface area (TPSA) is 67.4 Å². The Labute approximate surface area is 126 Å². The average Bonchev–Trinajstić information content (AvgIpc) is 2.35. The second-order valence-corrected chi connectivity index (χ2v) is 5.87. The standard InChI is InChI=1S/C16H24N2O3/c1-12(19)17-9-10-18-15(20)11-13-5-7-14(8-6-13)21-16(2,3)4/h5-8H,9-11H2,1-4H3,(H,17,19)(H,18,20). The van der Waals surface area contributed by atoms with Crippen LogP contribution in [-0.4, -0.2) is 30.5 Å². The number of rotatable bonds is 6. The fourth-order valence-corrected chi connectivity index (χ4v) is 1.72. The Bertz CT molecular complexity index is 475. The van der Waals surface area contributed by atoms with Crippen LogP contribution in [0.25, 0.3) is 0 Å². The highest BCUT2D eigenvalue weighted by molar-refractivity contribution is 5.78. The predicted molar refractivity (Wildman–Crippen MR) is 82.2 cm³/mol. The van der Waals surface area contributed by atoms with Crippen LogP contribution in [0.3, 0.4) is 0 Å². The molecule has 0 unspecified atom stereocenters. The van der Waals surface area contributed by atoms with Gasteiger partial charge in [-0.2, -0.15) is 0 Å². The molecular weight excluding hydrogens is 268 g/mol. The van der Waals surface area contributed by atoms with Crippen LogP contribution in [0.15, 0.2) is 24.3 Å². The van der Waals surface area contributed by atoms with Crippen LogP contribution >= 0.6 is 0 Å². The van der Waals surface area contributed by atoms with Crippen LogP contribution in [0.5, 0.6) is 5.75 Å². The van der Waals surface area contributed by atoms with Crippen molar-refractivity contribution in [2.45, 2.75) is 39.7 Å². The molecule has 0 fully saturated rings. The van der Waals surface area contributed by atoms with Crippen LogP contribution < -0.4 is 15.4 Å². The first-order valence-corrected chi connectivity index (χ1v) is 7.05. The Hall–Kier alpha value is -2.04. The Kier molecular flexibility index (Phi) is 6.21. The summed E-state index contributed by atoms with van der Waals surface area (Å²) in [6, 6.07) is 7.50. The van der Waals surface area contributed by atoms with Crippen molar-refractivity contribution < 1.29 is 14.3 Å². The molecule has 116 valence electrons. The average molecular weight is 292 g/mol. The molecule has 0 aliphatic heterocycles.